The summed E-state index contributed by atoms with van der Waals surface area (Å²) in [6.07, 6.45) is 4.47. The van der Waals surface area contributed by atoms with Crippen molar-refractivity contribution in [2.75, 3.05) is 13.2 Å². The number of ether oxygens (including phenoxy) is 2. The molecule has 2 aromatic heterocycles. The summed E-state index contributed by atoms with van der Waals surface area (Å²) >= 11 is 0. The van der Waals surface area contributed by atoms with Crippen LogP contribution in [0.3, 0.4) is 0 Å². The van der Waals surface area contributed by atoms with Crippen LogP contribution in [-0.2, 0) is 23.0 Å². The van der Waals surface area contributed by atoms with Gasteiger partial charge in [-0.3, -0.25) is 9.97 Å². The van der Waals surface area contributed by atoms with Crippen LogP contribution >= 0.6 is 0 Å². The Kier molecular flexibility index (Phi) is 6.34. The van der Waals surface area contributed by atoms with Crippen molar-refractivity contribution in [3.05, 3.63) is 59.9 Å². The van der Waals surface area contributed by atoms with Gasteiger partial charge in [-0.2, -0.15) is 21.6 Å². The number of benzene rings is 2. The lowest BCUT2D eigenvalue weighted by Gasteiger charge is -2.19. The smallest absolute Gasteiger partial charge is 0.493 e. The Labute approximate surface area is 208 Å². The van der Waals surface area contributed by atoms with Crippen LogP contribution in [0.1, 0.15) is 11.1 Å². The molecule has 2 aliphatic rings. The van der Waals surface area contributed by atoms with Gasteiger partial charge < -0.3 is 23.7 Å². The molecule has 0 saturated heterocycles. The molecule has 6 rings (SSSR count). The molecule has 0 aliphatic carbocycles. The second kappa shape index (κ2) is 9.36. The lowest BCUT2D eigenvalue weighted by molar-refractivity contribution is -0.0499. The molecule has 0 unspecified atom stereocenters. The first kappa shape index (κ1) is 25.1. The quantitative estimate of drug-likeness (QED) is 0.231. The molecule has 0 amide bonds. The molecule has 192 valence electrons. The SMILES string of the molecule is O=S(=O)(Oc1ccc2c3c(ccnc13)CCO2)C(F)(F)F.OB(O)c1ccc2c3c(ccnc13)CCO2. The predicted molar refractivity (Wildman–Crippen MR) is 127 cm³/mol. The molecule has 4 heterocycles. The van der Waals surface area contributed by atoms with E-state index >= 15 is 0 Å². The van der Waals surface area contributed by atoms with Crippen molar-refractivity contribution >= 4 is 44.5 Å². The standard InChI is InChI=1S/C12H8F3NO4S.C11H10BNO3/c13-12(14,15)21(17,18)20-9-2-1-8-10-7(4-6-19-8)3-5-16-11(9)10;14-12(15)8-1-2-9-10-7(4-6-16-9)3-5-13-11(8)10/h1-3,5H,4,6H2;1-3,5,14-15H,4,6H2. The van der Waals surface area contributed by atoms with E-state index in [1.54, 1.807) is 24.4 Å². The summed E-state index contributed by atoms with van der Waals surface area (Å²) in [4.78, 5) is 8.12. The molecule has 4 aromatic rings. The first-order chi connectivity index (χ1) is 17.6. The molecular weight excluding hydrogens is 516 g/mol. The van der Waals surface area contributed by atoms with Crippen molar-refractivity contribution in [3.63, 3.8) is 0 Å². The number of halogens is 3. The van der Waals surface area contributed by atoms with E-state index in [0.717, 1.165) is 34.7 Å². The number of alkyl halides is 3. The van der Waals surface area contributed by atoms with Crippen LogP contribution in [0.5, 0.6) is 17.2 Å². The largest absolute Gasteiger partial charge is 0.534 e. The fourth-order valence-corrected chi connectivity index (χ4v) is 4.71. The number of hydrogen-bond donors (Lipinski definition) is 2. The van der Waals surface area contributed by atoms with Gasteiger partial charge in [0.1, 0.15) is 17.0 Å². The molecule has 37 heavy (non-hydrogen) atoms. The number of aromatic nitrogens is 2. The van der Waals surface area contributed by atoms with Crippen LogP contribution in [0.25, 0.3) is 21.8 Å². The molecule has 0 fully saturated rings. The van der Waals surface area contributed by atoms with Crippen molar-refractivity contribution in [3.8, 4) is 17.2 Å². The molecule has 14 heteroatoms. The van der Waals surface area contributed by atoms with Crippen molar-refractivity contribution in [1.82, 2.24) is 9.97 Å². The summed E-state index contributed by atoms with van der Waals surface area (Å²) < 4.78 is 74.5. The van der Waals surface area contributed by atoms with E-state index in [2.05, 4.69) is 14.2 Å². The highest BCUT2D eigenvalue weighted by Gasteiger charge is 2.49. The van der Waals surface area contributed by atoms with E-state index in [1.807, 2.05) is 6.07 Å². The zero-order valence-corrected chi connectivity index (χ0v) is 19.7. The fraction of sp³-hybridized carbons (Fsp3) is 0.217. The van der Waals surface area contributed by atoms with Crippen molar-refractivity contribution in [2.24, 2.45) is 0 Å². The molecular formula is C23H18BF3N2O7S. The summed E-state index contributed by atoms with van der Waals surface area (Å²) in [5.41, 5.74) is -2.47. The third-order valence-electron chi connectivity index (χ3n) is 5.89. The fourth-order valence-electron chi connectivity index (χ4n) is 4.24. The van der Waals surface area contributed by atoms with E-state index < -0.39 is 28.5 Å². The highest BCUT2D eigenvalue weighted by atomic mass is 32.2. The maximum absolute atomic E-state index is 12.4. The number of hydrogen-bond acceptors (Lipinski definition) is 9. The van der Waals surface area contributed by atoms with Gasteiger partial charge in [-0.1, -0.05) is 6.07 Å². The second-order valence-electron chi connectivity index (χ2n) is 8.16. The van der Waals surface area contributed by atoms with Gasteiger partial charge in [-0.25, -0.2) is 0 Å². The first-order valence-corrected chi connectivity index (χ1v) is 12.4. The zero-order chi connectivity index (χ0) is 26.4. The van der Waals surface area contributed by atoms with Crippen molar-refractivity contribution in [1.29, 1.82) is 0 Å². The van der Waals surface area contributed by atoms with E-state index in [9.17, 15) is 31.6 Å². The Hall–Kier alpha value is -3.62. The third-order valence-corrected chi connectivity index (χ3v) is 6.86. The van der Waals surface area contributed by atoms with Crippen molar-refractivity contribution < 1.29 is 45.3 Å². The Morgan fingerprint density at radius 2 is 1.38 bits per heavy atom. The summed E-state index contributed by atoms with van der Waals surface area (Å²) in [7, 11) is -7.24. The molecule has 2 aromatic carbocycles. The molecule has 2 aliphatic heterocycles. The minimum atomic E-state index is -5.74. The van der Waals surface area contributed by atoms with Gasteiger partial charge in [-0.15, -0.1) is 0 Å². The van der Waals surface area contributed by atoms with Gasteiger partial charge in [-0.05, 0) is 41.5 Å². The maximum Gasteiger partial charge on any atom is 0.534 e. The van der Waals surface area contributed by atoms with Gasteiger partial charge in [0, 0.05) is 41.5 Å². The van der Waals surface area contributed by atoms with E-state index in [-0.39, 0.29) is 5.52 Å². The van der Waals surface area contributed by atoms with Gasteiger partial charge in [0.05, 0.1) is 18.7 Å². The molecule has 2 N–H and O–H groups in total. The Morgan fingerprint density at radius 1 is 0.838 bits per heavy atom. The topological polar surface area (TPSA) is 128 Å². The normalized spacial score (nSPS) is 14.3. The first-order valence-electron chi connectivity index (χ1n) is 11.0. The van der Waals surface area contributed by atoms with Crippen LogP contribution in [-0.4, -0.2) is 54.3 Å². The summed E-state index contributed by atoms with van der Waals surface area (Å²) in [5, 5.41) is 19.9. The van der Waals surface area contributed by atoms with Crippen LogP contribution in [0, 0.1) is 0 Å². The molecule has 9 nitrogen and oxygen atoms in total. The Morgan fingerprint density at radius 3 is 1.95 bits per heavy atom. The monoisotopic (exact) mass is 534 g/mol. The Bertz CT molecular complexity index is 1590. The van der Waals surface area contributed by atoms with Crippen molar-refractivity contribution in [2.45, 2.75) is 18.3 Å². The highest BCUT2D eigenvalue weighted by Crippen LogP contribution is 2.38. The average Bonchev–Trinajstić information content (AvgIpc) is 2.86. The third kappa shape index (κ3) is 4.63. The Balaban J connectivity index is 0.000000157. The van der Waals surface area contributed by atoms with Crippen LogP contribution in [0.15, 0.2) is 48.8 Å². The molecule has 0 spiro atoms. The van der Waals surface area contributed by atoms with Gasteiger partial charge >= 0.3 is 22.7 Å². The number of pyridine rings is 2. The maximum atomic E-state index is 12.4. The van der Waals surface area contributed by atoms with Crippen LogP contribution < -0.4 is 19.1 Å². The molecule has 0 radical (unpaired) electrons. The van der Waals surface area contributed by atoms with E-state index in [1.165, 1.54) is 12.3 Å². The minimum absolute atomic E-state index is 0.0255. The lowest BCUT2D eigenvalue weighted by Crippen LogP contribution is -2.31. The summed E-state index contributed by atoms with van der Waals surface area (Å²) in [5.74, 6) is 0.739. The molecule has 0 saturated carbocycles. The number of rotatable bonds is 3. The van der Waals surface area contributed by atoms with E-state index in [4.69, 9.17) is 9.47 Å². The molecule has 0 bridgehead atoms. The summed E-state index contributed by atoms with van der Waals surface area (Å²) in [6, 6.07) is 9.53. The van der Waals surface area contributed by atoms with Crippen LogP contribution in [0.2, 0.25) is 0 Å². The second-order valence-corrected chi connectivity index (χ2v) is 9.69. The summed E-state index contributed by atoms with van der Waals surface area (Å²) in [6.45, 7) is 1.10. The average molecular weight is 534 g/mol. The van der Waals surface area contributed by atoms with Crippen LogP contribution in [0.4, 0.5) is 13.2 Å². The lowest BCUT2D eigenvalue weighted by atomic mass is 9.78. The van der Waals surface area contributed by atoms with Gasteiger partial charge in [0.2, 0.25) is 0 Å². The highest BCUT2D eigenvalue weighted by molar-refractivity contribution is 7.88. The number of nitrogens with zero attached hydrogens (tertiary/aromatic N) is 2. The predicted octanol–water partition coefficient (Wildman–Crippen LogP) is 2.25. The molecule has 0 atom stereocenters. The van der Waals surface area contributed by atoms with Gasteiger partial charge in [0.15, 0.2) is 5.75 Å². The van der Waals surface area contributed by atoms with Gasteiger partial charge in [0.25, 0.3) is 0 Å². The van der Waals surface area contributed by atoms with E-state index in [0.29, 0.717) is 41.7 Å². The minimum Gasteiger partial charge on any atom is -0.493 e. The zero-order valence-electron chi connectivity index (χ0n) is 18.9.